The third-order valence-electron chi connectivity index (χ3n) is 5.31. The van der Waals surface area contributed by atoms with E-state index in [1.165, 1.54) is 24.3 Å². The van der Waals surface area contributed by atoms with Crippen LogP contribution in [0, 0.1) is 12.7 Å². The van der Waals surface area contributed by atoms with Crippen LogP contribution in [0.4, 0.5) is 4.39 Å². The van der Waals surface area contributed by atoms with Crippen molar-refractivity contribution in [3.05, 3.63) is 105 Å². The van der Waals surface area contributed by atoms with Crippen LogP contribution in [0.3, 0.4) is 0 Å². The number of carbonyl (C=O) groups is 1. The van der Waals surface area contributed by atoms with Crippen LogP contribution in [0.5, 0.6) is 5.75 Å². The number of aryl methyl sites for hydroxylation is 1. The lowest BCUT2D eigenvalue weighted by Gasteiger charge is -2.17. The summed E-state index contributed by atoms with van der Waals surface area (Å²) in [5.41, 5.74) is 5.04. The van der Waals surface area contributed by atoms with Gasteiger partial charge in [0, 0.05) is 5.56 Å². The summed E-state index contributed by atoms with van der Waals surface area (Å²) in [4.78, 5) is 30.5. The zero-order chi connectivity index (χ0) is 23.5. The van der Waals surface area contributed by atoms with Gasteiger partial charge in [0.25, 0.3) is 11.5 Å². The largest absolute Gasteiger partial charge is 0.485 e. The smallest absolute Gasteiger partial charge is 0.280 e. The number of halogens is 1. The van der Waals surface area contributed by atoms with E-state index in [4.69, 9.17) is 4.74 Å². The molecule has 0 spiro atoms. The average Bonchev–Trinajstić information content (AvgIpc) is 2.80. The molecule has 0 atom stereocenters. The van der Waals surface area contributed by atoms with Gasteiger partial charge in [-0.2, -0.15) is 4.68 Å². The van der Waals surface area contributed by atoms with Gasteiger partial charge in [-0.3, -0.25) is 15.0 Å². The van der Waals surface area contributed by atoms with E-state index in [9.17, 15) is 14.0 Å². The number of ether oxygens (including phenoxy) is 1. The van der Waals surface area contributed by atoms with E-state index in [1.807, 2.05) is 19.1 Å². The molecule has 7 heteroatoms. The molecule has 1 heterocycles. The summed E-state index contributed by atoms with van der Waals surface area (Å²) < 4.78 is 20.4. The number of amides is 1. The van der Waals surface area contributed by atoms with Gasteiger partial charge >= 0.3 is 0 Å². The normalized spacial score (nSPS) is 11.1. The number of hydrogen-bond donors (Lipinski definition) is 1. The Bertz CT molecular complexity index is 1380. The Morgan fingerprint density at radius 2 is 1.82 bits per heavy atom. The lowest BCUT2D eigenvalue weighted by molar-refractivity contribution is 0.100. The van der Waals surface area contributed by atoms with E-state index in [0.29, 0.717) is 16.7 Å². The van der Waals surface area contributed by atoms with Gasteiger partial charge in [-0.25, -0.2) is 9.37 Å². The average molecular weight is 445 g/mol. The number of rotatable bonds is 6. The van der Waals surface area contributed by atoms with E-state index in [1.54, 1.807) is 24.3 Å². The number of fused-ring (bicyclic) bond motifs is 1. The molecule has 1 aromatic heterocycles. The zero-order valence-corrected chi connectivity index (χ0v) is 18.6. The number of nitrogens with one attached hydrogen (secondary N) is 1. The minimum Gasteiger partial charge on any atom is -0.485 e. The van der Waals surface area contributed by atoms with Crippen molar-refractivity contribution in [3.8, 4) is 5.75 Å². The van der Waals surface area contributed by atoms with Crippen molar-refractivity contribution in [1.82, 2.24) is 9.66 Å². The van der Waals surface area contributed by atoms with Crippen molar-refractivity contribution < 1.29 is 13.9 Å². The highest BCUT2D eigenvalue weighted by Gasteiger charge is 2.16. The predicted octanol–water partition coefficient (Wildman–Crippen LogP) is 4.93. The van der Waals surface area contributed by atoms with E-state index in [2.05, 4.69) is 30.3 Å². The lowest BCUT2D eigenvalue weighted by Crippen LogP contribution is -2.37. The fourth-order valence-electron chi connectivity index (χ4n) is 3.55. The van der Waals surface area contributed by atoms with Gasteiger partial charge in [0.05, 0.1) is 10.9 Å². The highest BCUT2D eigenvalue weighted by atomic mass is 19.1. The fraction of sp³-hybridized carbons (Fsp3) is 0.192. The molecule has 6 nitrogen and oxygen atoms in total. The molecular weight excluding hydrogens is 421 g/mol. The van der Waals surface area contributed by atoms with E-state index in [-0.39, 0.29) is 23.9 Å². The summed E-state index contributed by atoms with van der Waals surface area (Å²) in [5.74, 6) is 0.154. The van der Waals surface area contributed by atoms with E-state index in [0.717, 1.165) is 15.8 Å². The molecule has 0 fully saturated rings. The molecule has 0 unspecified atom stereocenters. The van der Waals surface area contributed by atoms with Crippen LogP contribution in [0.25, 0.3) is 10.9 Å². The minimum absolute atomic E-state index is 0.0352. The van der Waals surface area contributed by atoms with Crippen LogP contribution >= 0.6 is 0 Å². The molecule has 1 amide bonds. The molecule has 0 saturated carbocycles. The van der Waals surface area contributed by atoms with Crippen molar-refractivity contribution in [2.75, 3.05) is 5.43 Å². The summed E-state index contributed by atoms with van der Waals surface area (Å²) >= 11 is 0. The maximum atomic E-state index is 13.2. The van der Waals surface area contributed by atoms with Crippen LogP contribution in [0.2, 0.25) is 0 Å². The number of para-hydroxylation sites is 1. The molecule has 0 aliphatic rings. The predicted molar refractivity (Wildman–Crippen MR) is 126 cm³/mol. The van der Waals surface area contributed by atoms with Gasteiger partial charge in [-0.15, -0.1) is 0 Å². The van der Waals surface area contributed by atoms with Crippen LogP contribution < -0.4 is 15.7 Å². The topological polar surface area (TPSA) is 73.2 Å². The second-order valence-electron chi connectivity index (χ2n) is 8.12. The van der Waals surface area contributed by atoms with Gasteiger partial charge < -0.3 is 4.74 Å². The molecule has 0 aliphatic carbocycles. The van der Waals surface area contributed by atoms with E-state index >= 15 is 0 Å². The van der Waals surface area contributed by atoms with Gasteiger partial charge in [-0.1, -0.05) is 43.7 Å². The molecule has 0 radical (unpaired) electrons. The summed E-state index contributed by atoms with van der Waals surface area (Å²) in [6.45, 7) is 6.14. The molecule has 0 saturated heterocycles. The van der Waals surface area contributed by atoms with Crippen molar-refractivity contribution in [1.29, 1.82) is 0 Å². The maximum Gasteiger partial charge on any atom is 0.280 e. The summed E-state index contributed by atoms with van der Waals surface area (Å²) in [7, 11) is 0. The van der Waals surface area contributed by atoms with Crippen molar-refractivity contribution in [2.24, 2.45) is 0 Å². The second-order valence-corrected chi connectivity index (χ2v) is 8.12. The van der Waals surface area contributed by atoms with Gasteiger partial charge in [-0.05, 0) is 60.9 Å². The number of aromatic nitrogens is 2. The summed E-state index contributed by atoms with van der Waals surface area (Å²) in [6, 6.07) is 17.9. The van der Waals surface area contributed by atoms with Gasteiger partial charge in [0.1, 0.15) is 18.2 Å². The van der Waals surface area contributed by atoms with Crippen LogP contribution in [-0.4, -0.2) is 15.6 Å². The molecular formula is C26H24FN3O3. The highest BCUT2D eigenvalue weighted by molar-refractivity contribution is 6.00. The molecule has 168 valence electrons. The summed E-state index contributed by atoms with van der Waals surface area (Å²) in [6.07, 6.45) is 0. The van der Waals surface area contributed by atoms with E-state index < -0.39 is 17.3 Å². The van der Waals surface area contributed by atoms with Gasteiger partial charge in [0.15, 0.2) is 5.82 Å². The highest BCUT2D eigenvalue weighted by Crippen LogP contribution is 2.28. The minimum atomic E-state index is -0.561. The van der Waals surface area contributed by atoms with Gasteiger partial charge in [0.2, 0.25) is 0 Å². The summed E-state index contributed by atoms with van der Waals surface area (Å²) in [5, 5.41) is 0.360. The van der Waals surface area contributed by atoms with Crippen LogP contribution in [0.15, 0.2) is 71.5 Å². The molecule has 0 aliphatic heterocycles. The zero-order valence-electron chi connectivity index (χ0n) is 18.6. The standard InChI is InChI=1S/C26H24FN3O3/c1-16(2)21-14-17(3)8-13-23(21)33-15-24-28-22-7-5-4-6-20(22)26(32)30(24)29-25(31)18-9-11-19(27)12-10-18/h4-14,16H,15H2,1-3H3,(H,29,31). The Morgan fingerprint density at radius 1 is 1.09 bits per heavy atom. The number of benzene rings is 3. The molecule has 4 aromatic rings. The molecule has 3 aromatic carbocycles. The Labute approximate surface area is 190 Å². The third-order valence-corrected chi connectivity index (χ3v) is 5.31. The van der Waals surface area contributed by atoms with Crippen LogP contribution in [-0.2, 0) is 6.61 Å². The molecule has 33 heavy (non-hydrogen) atoms. The first-order valence-corrected chi connectivity index (χ1v) is 10.6. The first-order valence-electron chi connectivity index (χ1n) is 10.6. The fourth-order valence-corrected chi connectivity index (χ4v) is 3.55. The quantitative estimate of drug-likeness (QED) is 0.457. The second kappa shape index (κ2) is 9.24. The molecule has 4 rings (SSSR count). The number of hydrogen-bond acceptors (Lipinski definition) is 4. The Morgan fingerprint density at radius 3 is 2.55 bits per heavy atom. The van der Waals surface area contributed by atoms with Crippen LogP contribution in [0.1, 0.15) is 47.1 Å². The Balaban J connectivity index is 1.72. The number of nitrogens with zero attached hydrogens (tertiary/aromatic N) is 2. The van der Waals surface area contributed by atoms with Crippen molar-refractivity contribution in [2.45, 2.75) is 33.3 Å². The van der Waals surface area contributed by atoms with Crippen molar-refractivity contribution in [3.63, 3.8) is 0 Å². The lowest BCUT2D eigenvalue weighted by atomic mass is 10.00. The Kier molecular flexibility index (Phi) is 6.22. The third kappa shape index (κ3) is 4.77. The first kappa shape index (κ1) is 22.2. The first-order chi connectivity index (χ1) is 15.8. The maximum absolute atomic E-state index is 13.2. The Hall–Kier alpha value is -4.00. The van der Waals surface area contributed by atoms with Crippen molar-refractivity contribution >= 4 is 16.8 Å². The molecule has 1 N–H and O–H groups in total. The monoisotopic (exact) mass is 445 g/mol. The molecule has 0 bridgehead atoms. The number of carbonyl (C=O) groups excluding carboxylic acids is 1. The SMILES string of the molecule is Cc1ccc(OCc2nc3ccccc3c(=O)n2NC(=O)c2ccc(F)cc2)c(C(C)C)c1.